The molecule has 21 heavy (non-hydrogen) atoms. The van der Waals surface area contributed by atoms with Crippen molar-refractivity contribution in [3.63, 3.8) is 0 Å². The molecule has 3 N–H and O–H groups in total. The number of nitrogen functional groups attached to an aromatic ring is 1. The van der Waals surface area contributed by atoms with Crippen LogP contribution in [0, 0.1) is 22.9 Å². The second-order valence-corrected chi connectivity index (χ2v) is 4.45. The van der Waals surface area contributed by atoms with Gasteiger partial charge in [0.25, 0.3) is 11.6 Å². The number of aryl methyl sites for hydroxylation is 1. The van der Waals surface area contributed by atoms with E-state index in [-0.39, 0.29) is 16.9 Å². The lowest BCUT2D eigenvalue weighted by molar-refractivity contribution is -0.384. The lowest BCUT2D eigenvalue weighted by atomic mass is 10.1. The third-order valence-corrected chi connectivity index (χ3v) is 2.94. The third-order valence-electron chi connectivity index (χ3n) is 2.94. The van der Waals surface area contributed by atoms with Gasteiger partial charge in [0, 0.05) is 17.7 Å². The summed E-state index contributed by atoms with van der Waals surface area (Å²) in [7, 11) is 0. The number of hydrogen-bond acceptors (Lipinski definition) is 4. The molecule has 0 unspecified atom stereocenters. The normalized spacial score (nSPS) is 10.2. The van der Waals surface area contributed by atoms with E-state index in [1.807, 2.05) is 0 Å². The molecular weight excluding hydrogens is 277 g/mol. The van der Waals surface area contributed by atoms with Gasteiger partial charge in [0.05, 0.1) is 16.3 Å². The molecule has 0 bridgehead atoms. The maximum absolute atomic E-state index is 13.3. The van der Waals surface area contributed by atoms with Crippen LogP contribution in [0.15, 0.2) is 36.4 Å². The molecule has 0 aliphatic rings. The van der Waals surface area contributed by atoms with Gasteiger partial charge >= 0.3 is 0 Å². The highest BCUT2D eigenvalue weighted by Crippen LogP contribution is 2.22. The molecule has 0 aromatic heterocycles. The summed E-state index contributed by atoms with van der Waals surface area (Å²) in [4.78, 5) is 22.2. The molecule has 2 aromatic rings. The summed E-state index contributed by atoms with van der Waals surface area (Å²) in [6.45, 7) is 1.70. The first kappa shape index (κ1) is 14.4. The summed E-state index contributed by atoms with van der Waals surface area (Å²) in [6.07, 6.45) is 0. The molecule has 0 atom stereocenters. The zero-order valence-electron chi connectivity index (χ0n) is 11.1. The van der Waals surface area contributed by atoms with Crippen molar-refractivity contribution in [2.45, 2.75) is 6.92 Å². The number of halogens is 1. The predicted octanol–water partition coefficient (Wildman–Crippen LogP) is 2.88. The molecule has 0 radical (unpaired) electrons. The monoisotopic (exact) mass is 289 g/mol. The molecule has 7 heteroatoms. The van der Waals surface area contributed by atoms with Crippen molar-refractivity contribution in [3.8, 4) is 0 Å². The lowest BCUT2D eigenvalue weighted by Gasteiger charge is -2.08. The summed E-state index contributed by atoms with van der Waals surface area (Å²) in [5.41, 5.74) is 6.17. The highest BCUT2D eigenvalue weighted by molar-refractivity contribution is 6.05. The van der Waals surface area contributed by atoms with Crippen LogP contribution in [0.4, 0.5) is 21.5 Å². The van der Waals surface area contributed by atoms with E-state index in [0.29, 0.717) is 11.3 Å². The van der Waals surface area contributed by atoms with E-state index in [2.05, 4.69) is 5.32 Å². The highest BCUT2D eigenvalue weighted by Gasteiger charge is 2.13. The minimum atomic E-state index is -0.696. The van der Waals surface area contributed by atoms with Crippen molar-refractivity contribution >= 4 is 23.0 Å². The first-order chi connectivity index (χ1) is 9.88. The SMILES string of the molecule is Cc1ccc([N+](=O)[O-])cc1NC(=O)c1ccc(N)c(F)c1. The number of nitro groups is 1. The molecular formula is C14H12FN3O3. The van der Waals surface area contributed by atoms with E-state index >= 15 is 0 Å². The Kier molecular flexibility index (Phi) is 3.84. The average molecular weight is 289 g/mol. The van der Waals surface area contributed by atoms with Gasteiger partial charge in [-0.2, -0.15) is 0 Å². The van der Waals surface area contributed by atoms with Crippen LogP contribution in [0.3, 0.4) is 0 Å². The van der Waals surface area contributed by atoms with Crippen LogP contribution >= 0.6 is 0 Å². The van der Waals surface area contributed by atoms with Gasteiger partial charge in [-0.25, -0.2) is 4.39 Å². The van der Waals surface area contributed by atoms with Crippen molar-refractivity contribution in [1.82, 2.24) is 0 Å². The first-order valence-corrected chi connectivity index (χ1v) is 6.00. The van der Waals surface area contributed by atoms with Crippen LogP contribution in [0.5, 0.6) is 0 Å². The molecule has 6 nitrogen and oxygen atoms in total. The molecule has 2 aromatic carbocycles. The van der Waals surface area contributed by atoms with Crippen molar-refractivity contribution in [1.29, 1.82) is 0 Å². The number of amides is 1. The minimum Gasteiger partial charge on any atom is -0.396 e. The lowest BCUT2D eigenvalue weighted by Crippen LogP contribution is -2.13. The number of benzene rings is 2. The van der Waals surface area contributed by atoms with E-state index in [1.165, 1.54) is 30.3 Å². The van der Waals surface area contributed by atoms with Crippen molar-refractivity contribution < 1.29 is 14.1 Å². The van der Waals surface area contributed by atoms with Gasteiger partial charge in [0.15, 0.2) is 0 Å². The van der Waals surface area contributed by atoms with Gasteiger partial charge < -0.3 is 11.1 Å². The molecule has 108 valence electrons. The van der Waals surface area contributed by atoms with Crippen molar-refractivity contribution in [3.05, 3.63) is 63.5 Å². The average Bonchev–Trinajstić information content (AvgIpc) is 2.43. The summed E-state index contributed by atoms with van der Waals surface area (Å²) >= 11 is 0. The molecule has 0 saturated carbocycles. The van der Waals surface area contributed by atoms with E-state index in [1.54, 1.807) is 6.92 Å². The predicted molar refractivity (Wildman–Crippen MR) is 76.6 cm³/mol. The van der Waals surface area contributed by atoms with Crippen LogP contribution in [0.2, 0.25) is 0 Å². The largest absolute Gasteiger partial charge is 0.396 e. The fourth-order valence-electron chi connectivity index (χ4n) is 1.72. The Morgan fingerprint density at radius 3 is 2.62 bits per heavy atom. The van der Waals surface area contributed by atoms with Crippen molar-refractivity contribution in [2.24, 2.45) is 0 Å². The number of rotatable bonds is 3. The number of nitrogens with two attached hydrogens (primary N) is 1. The molecule has 1 amide bonds. The van der Waals surface area contributed by atoms with Gasteiger partial charge in [-0.15, -0.1) is 0 Å². The van der Waals surface area contributed by atoms with Gasteiger partial charge in [0.2, 0.25) is 0 Å². The second kappa shape index (κ2) is 5.58. The maximum atomic E-state index is 13.3. The van der Waals surface area contributed by atoms with Crippen LogP contribution in [-0.4, -0.2) is 10.8 Å². The smallest absolute Gasteiger partial charge is 0.271 e. The van der Waals surface area contributed by atoms with Crippen LogP contribution in [0.25, 0.3) is 0 Å². The zero-order chi connectivity index (χ0) is 15.6. The first-order valence-electron chi connectivity index (χ1n) is 6.00. The van der Waals surface area contributed by atoms with Gasteiger partial charge in [-0.1, -0.05) is 6.07 Å². The number of hydrogen-bond donors (Lipinski definition) is 2. The second-order valence-electron chi connectivity index (χ2n) is 4.45. The summed E-state index contributed by atoms with van der Waals surface area (Å²) in [5, 5.41) is 13.2. The molecule has 0 heterocycles. The molecule has 2 rings (SSSR count). The quantitative estimate of drug-likeness (QED) is 0.515. The number of nitrogens with one attached hydrogen (secondary N) is 1. The van der Waals surface area contributed by atoms with Gasteiger partial charge in [-0.3, -0.25) is 14.9 Å². The fraction of sp³-hybridized carbons (Fsp3) is 0.0714. The standard InChI is InChI=1S/C14H12FN3O3/c1-8-2-4-10(18(20)21)7-13(8)17-14(19)9-3-5-12(16)11(15)6-9/h2-7H,16H2,1H3,(H,17,19). The molecule has 0 fully saturated rings. The number of carbonyl (C=O) groups is 1. The Hall–Kier alpha value is -2.96. The van der Waals surface area contributed by atoms with E-state index in [0.717, 1.165) is 6.07 Å². The Bertz CT molecular complexity index is 731. The summed E-state index contributed by atoms with van der Waals surface area (Å²) < 4.78 is 13.3. The van der Waals surface area contributed by atoms with Crippen molar-refractivity contribution in [2.75, 3.05) is 11.1 Å². The number of nitrogens with zero attached hydrogens (tertiary/aromatic N) is 1. The Labute approximate surface area is 119 Å². The molecule has 0 saturated heterocycles. The highest BCUT2D eigenvalue weighted by atomic mass is 19.1. The minimum absolute atomic E-state index is 0.0573. The van der Waals surface area contributed by atoms with Crippen LogP contribution < -0.4 is 11.1 Å². The number of non-ortho nitro benzene ring substituents is 1. The topological polar surface area (TPSA) is 98.3 Å². The fourth-order valence-corrected chi connectivity index (χ4v) is 1.72. The Morgan fingerprint density at radius 2 is 2.00 bits per heavy atom. The zero-order valence-corrected chi connectivity index (χ0v) is 11.1. The third kappa shape index (κ3) is 3.14. The van der Waals surface area contributed by atoms with E-state index < -0.39 is 16.6 Å². The Balaban J connectivity index is 2.28. The molecule has 0 spiro atoms. The van der Waals surface area contributed by atoms with Gasteiger partial charge in [-0.05, 0) is 30.7 Å². The maximum Gasteiger partial charge on any atom is 0.271 e. The summed E-state index contributed by atoms with van der Waals surface area (Å²) in [5.74, 6) is -1.27. The van der Waals surface area contributed by atoms with Crippen LogP contribution in [0.1, 0.15) is 15.9 Å². The molecule has 0 aliphatic carbocycles. The van der Waals surface area contributed by atoms with Crippen LogP contribution in [-0.2, 0) is 0 Å². The summed E-state index contributed by atoms with van der Waals surface area (Å²) in [6, 6.07) is 7.79. The van der Waals surface area contributed by atoms with Gasteiger partial charge in [0.1, 0.15) is 5.82 Å². The van der Waals surface area contributed by atoms with E-state index in [4.69, 9.17) is 5.73 Å². The van der Waals surface area contributed by atoms with E-state index in [9.17, 15) is 19.3 Å². The number of carbonyl (C=O) groups excluding carboxylic acids is 1. The Morgan fingerprint density at radius 1 is 1.29 bits per heavy atom. The number of anilines is 2. The number of nitro benzene ring substituents is 1. The molecule has 0 aliphatic heterocycles.